The van der Waals surface area contributed by atoms with Gasteiger partial charge in [0.1, 0.15) is 0 Å². The molecule has 1 unspecified atom stereocenters. The lowest BCUT2D eigenvalue weighted by Crippen LogP contribution is -2.37. The maximum Gasteiger partial charge on any atom is 0.0565 e. The van der Waals surface area contributed by atoms with Gasteiger partial charge in [-0.15, -0.1) is 0 Å². The summed E-state index contributed by atoms with van der Waals surface area (Å²) in [6.45, 7) is 9.32. The van der Waals surface area contributed by atoms with Gasteiger partial charge in [0.25, 0.3) is 0 Å². The molecule has 2 aromatic rings. The van der Waals surface area contributed by atoms with Gasteiger partial charge in [-0.05, 0) is 29.3 Å². The molecule has 0 spiro atoms. The van der Waals surface area contributed by atoms with E-state index in [0.717, 1.165) is 0 Å². The quantitative estimate of drug-likeness (QED) is 0.684. The number of hydrogen-bond donors (Lipinski definition) is 0. The summed E-state index contributed by atoms with van der Waals surface area (Å²) in [6.07, 6.45) is 6.92. The first-order valence-corrected chi connectivity index (χ1v) is 9.81. The lowest BCUT2D eigenvalue weighted by molar-refractivity contribution is 0.488. The highest BCUT2D eigenvalue weighted by Crippen LogP contribution is 2.47. The van der Waals surface area contributed by atoms with E-state index in [1.54, 1.807) is 0 Å². The van der Waals surface area contributed by atoms with Gasteiger partial charge in [0.05, 0.1) is 6.04 Å². The molecule has 2 nitrogen and oxygen atoms in total. The zero-order valence-corrected chi connectivity index (χ0v) is 17.3. The van der Waals surface area contributed by atoms with Crippen molar-refractivity contribution in [2.45, 2.75) is 44.6 Å². The fourth-order valence-electron chi connectivity index (χ4n) is 5.04. The summed E-state index contributed by atoms with van der Waals surface area (Å²) < 4.78 is 0. The Morgan fingerprint density at radius 1 is 0.815 bits per heavy atom. The second kappa shape index (κ2) is 6.02. The van der Waals surface area contributed by atoms with Crippen molar-refractivity contribution in [3.05, 3.63) is 83.6 Å². The molecular formula is C25H30N2. The number of para-hydroxylation sites is 2. The molecule has 140 valence electrons. The van der Waals surface area contributed by atoms with Gasteiger partial charge < -0.3 is 9.80 Å². The number of nitrogens with zero attached hydrogens (tertiary/aromatic N) is 2. The topological polar surface area (TPSA) is 6.48 Å². The molecular weight excluding hydrogens is 328 g/mol. The number of rotatable bonds is 2. The van der Waals surface area contributed by atoms with Gasteiger partial charge in [0.2, 0.25) is 0 Å². The van der Waals surface area contributed by atoms with Crippen LogP contribution in [-0.2, 0) is 10.8 Å². The van der Waals surface area contributed by atoms with Crippen LogP contribution in [0.25, 0.3) is 0 Å². The minimum atomic E-state index is 0.0236. The van der Waals surface area contributed by atoms with Gasteiger partial charge in [0.15, 0.2) is 0 Å². The van der Waals surface area contributed by atoms with Crippen LogP contribution in [0.1, 0.15) is 38.8 Å². The Morgan fingerprint density at radius 2 is 1.41 bits per heavy atom. The maximum absolute atomic E-state index is 2.41. The average Bonchev–Trinajstić information content (AvgIpc) is 2.96. The Balaban J connectivity index is 1.65. The van der Waals surface area contributed by atoms with Crippen LogP contribution in [0.15, 0.2) is 72.5 Å². The SMILES string of the molecule is CN1/C(=C\C=C\C2N(C)c3ccccc3C2(C)C)C(C)(C)c2ccccc21. The normalized spacial score (nSPS) is 23.9. The molecule has 0 aliphatic carbocycles. The average molecular weight is 359 g/mol. The van der Waals surface area contributed by atoms with Crippen molar-refractivity contribution < 1.29 is 0 Å². The van der Waals surface area contributed by atoms with Gasteiger partial charge in [-0.2, -0.15) is 0 Å². The third-order valence-electron chi connectivity index (χ3n) is 6.62. The Hall–Kier alpha value is -2.48. The van der Waals surface area contributed by atoms with E-state index in [0.29, 0.717) is 6.04 Å². The van der Waals surface area contributed by atoms with E-state index in [2.05, 4.69) is 118 Å². The lowest BCUT2D eigenvalue weighted by atomic mass is 9.80. The highest BCUT2D eigenvalue weighted by atomic mass is 15.2. The van der Waals surface area contributed by atoms with Gasteiger partial charge in [-0.25, -0.2) is 0 Å². The van der Waals surface area contributed by atoms with Gasteiger partial charge in [-0.1, -0.05) is 76.2 Å². The standard InChI is InChI=1S/C25H30N2/c1-24(2)18-12-7-9-14-20(18)26(5)22(24)16-11-17-23-25(3,4)19-13-8-10-15-21(19)27(23)6/h7-17,22H,1-6H3/b16-11+,23-17-. The predicted octanol–water partition coefficient (Wildman–Crippen LogP) is 5.65. The molecule has 2 aromatic carbocycles. The first kappa shape index (κ1) is 17.9. The third-order valence-corrected chi connectivity index (χ3v) is 6.62. The molecule has 0 saturated heterocycles. The number of fused-ring (bicyclic) bond motifs is 2. The van der Waals surface area contributed by atoms with E-state index in [4.69, 9.17) is 0 Å². The second-order valence-corrected chi connectivity index (χ2v) is 8.93. The van der Waals surface area contributed by atoms with E-state index in [9.17, 15) is 0 Å². The van der Waals surface area contributed by atoms with Crippen LogP contribution >= 0.6 is 0 Å². The van der Waals surface area contributed by atoms with E-state index < -0.39 is 0 Å². The number of hydrogen-bond acceptors (Lipinski definition) is 2. The summed E-state index contributed by atoms with van der Waals surface area (Å²) in [5, 5.41) is 0. The fraction of sp³-hybridized carbons (Fsp3) is 0.360. The summed E-state index contributed by atoms with van der Waals surface area (Å²) in [7, 11) is 4.38. The van der Waals surface area contributed by atoms with Crippen molar-refractivity contribution in [1.82, 2.24) is 0 Å². The van der Waals surface area contributed by atoms with Crippen LogP contribution < -0.4 is 9.80 Å². The number of anilines is 2. The first-order chi connectivity index (χ1) is 12.8. The third kappa shape index (κ3) is 2.54. The summed E-state index contributed by atoms with van der Waals surface area (Å²) in [5.74, 6) is 0. The van der Waals surface area contributed by atoms with Crippen molar-refractivity contribution in [1.29, 1.82) is 0 Å². The van der Waals surface area contributed by atoms with Crippen LogP contribution in [0.4, 0.5) is 11.4 Å². The summed E-state index contributed by atoms with van der Waals surface area (Å²) in [5.41, 5.74) is 6.95. The highest BCUT2D eigenvalue weighted by molar-refractivity contribution is 5.70. The van der Waals surface area contributed by atoms with E-state index >= 15 is 0 Å². The van der Waals surface area contributed by atoms with Crippen molar-refractivity contribution >= 4 is 11.4 Å². The van der Waals surface area contributed by atoms with Crippen molar-refractivity contribution in [3.63, 3.8) is 0 Å². The molecule has 0 saturated carbocycles. The van der Waals surface area contributed by atoms with Crippen LogP contribution in [-0.4, -0.2) is 20.1 Å². The Labute approximate surface area is 163 Å². The number of allylic oxidation sites excluding steroid dienone is 3. The Morgan fingerprint density at radius 3 is 2.04 bits per heavy atom. The number of likely N-dealkylation sites (N-methyl/N-ethyl adjacent to an activating group) is 2. The molecule has 2 aliphatic rings. The molecule has 0 fully saturated rings. The van der Waals surface area contributed by atoms with E-state index in [-0.39, 0.29) is 10.8 Å². The van der Waals surface area contributed by atoms with Crippen molar-refractivity contribution in [2.24, 2.45) is 0 Å². The molecule has 0 aromatic heterocycles. The Bertz CT molecular complexity index is 933. The summed E-state index contributed by atoms with van der Waals surface area (Å²) in [4.78, 5) is 4.74. The molecule has 0 N–H and O–H groups in total. The zero-order chi connectivity index (χ0) is 19.4. The maximum atomic E-state index is 2.41. The second-order valence-electron chi connectivity index (χ2n) is 8.93. The van der Waals surface area contributed by atoms with Crippen LogP contribution in [0.3, 0.4) is 0 Å². The zero-order valence-electron chi connectivity index (χ0n) is 17.3. The lowest BCUT2D eigenvalue weighted by Gasteiger charge is -2.29. The molecule has 4 rings (SSSR count). The monoisotopic (exact) mass is 358 g/mol. The minimum absolute atomic E-state index is 0.0236. The van der Waals surface area contributed by atoms with Gasteiger partial charge in [-0.3, -0.25) is 0 Å². The fourth-order valence-corrected chi connectivity index (χ4v) is 5.04. The first-order valence-electron chi connectivity index (χ1n) is 9.81. The minimum Gasteiger partial charge on any atom is -0.367 e. The smallest absolute Gasteiger partial charge is 0.0565 e. The molecule has 2 heterocycles. The summed E-state index contributed by atoms with van der Waals surface area (Å²) in [6, 6.07) is 17.9. The molecule has 0 amide bonds. The molecule has 0 bridgehead atoms. The predicted molar refractivity (Wildman–Crippen MR) is 117 cm³/mol. The van der Waals surface area contributed by atoms with Crippen LogP contribution in [0, 0.1) is 0 Å². The van der Waals surface area contributed by atoms with Crippen LogP contribution in [0.2, 0.25) is 0 Å². The number of benzene rings is 2. The molecule has 2 heteroatoms. The van der Waals surface area contributed by atoms with Crippen molar-refractivity contribution in [3.8, 4) is 0 Å². The van der Waals surface area contributed by atoms with E-state index in [1.165, 1.54) is 28.2 Å². The highest BCUT2D eigenvalue weighted by Gasteiger charge is 2.41. The molecule has 2 aliphatic heterocycles. The largest absolute Gasteiger partial charge is 0.367 e. The molecule has 0 radical (unpaired) electrons. The van der Waals surface area contributed by atoms with Crippen molar-refractivity contribution in [2.75, 3.05) is 23.9 Å². The molecule has 27 heavy (non-hydrogen) atoms. The molecule has 1 atom stereocenters. The summed E-state index contributed by atoms with van der Waals surface area (Å²) >= 11 is 0. The van der Waals surface area contributed by atoms with Gasteiger partial charge in [0, 0.05) is 42.0 Å². The van der Waals surface area contributed by atoms with Gasteiger partial charge >= 0.3 is 0 Å². The van der Waals surface area contributed by atoms with Crippen LogP contribution in [0.5, 0.6) is 0 Å². The Kier molecular flexibility index (Phi) is 3.99. The van der Waals surface area contributed by atoms with E-state index in [1.807, 2.05) is 0 Å².